The average Bonchev–Trinajstić information content (AvgIpc) is 2.87. The number of fused-ring (bicyclic) bond motifs is 2. The highest BCUT2D eigenvalue weighted by molar-refractivity contribution is 7.59. The number of anilines is 2. The molecule has 1 atom stereocenters. The van der Waals surface area contributed by atoms with Crippen LogP contribution >= 0.6 is 13.5 Å². The number of halogens is 1. The lowest BCUT2D eigenvalue weighted by Gasteiger charge is -2.42. The van der Waals surface area contributed by atoms with Crippen LogP contribution in [0.1, 0.15) is 23.2 Å². The Morgan fingerprint density at radius 3 is 2.69 bits per heavy atom. The van der Waals surface area contributed by atoms with Gasteiger partial charge in [-0.05, 0) is 30.4 Å². The van der Waals surface area contributed by atoms with E-state index in [9.17, 15) is 14.4 Å². The molecule has 36 heavy (non-hydrogen) atoms. The summed E-state index contributed by atoms with van der Waals surface area (Å²) in [5, 5.41) is 11.8. The van der Waals surface area contributed by atoms with Gasteiger partial charge in [0.2, 0.25) is 0 Å². The number of benzene rings is 2. The fraction of sp³-hybridized carbons (Fsp3) is 0.333. The van der Waals surface area contributed by atoms with Crippen molar-refractivity contribution in [2.45, 2.75) is 32.4 Å². The molecular formula is C27H29FN6OS. The first kappa shape index (κ1) is 25.5. The van der Waals surface area contributed by atoms with Gasteiger partial charge in [0.1, 0.15) is 12.1 Å². The maximum atomic E-state index is 13.5. The van der Waals surface area contributed by atoms with Gasteiger partial charge in [-0.15, -0.1) is 0 Å². The van der Waals surface area contributed by atoms with Gasteiger partial charge >= 0.3 is 0 Å². The monoisotopic (exact) mass is 504 g/mol. The molecule has 0 bridgehead atoms. The first-order chi connectivity index (χ1) is 17.0. The summed E-state index contributed by atoms with van der Waals surface area (Å²) < 4.78 is 13.5. The Morgan fingerprint density at radius 1 is 1.17 bits per heavy atom. The number of aryl methyl sites for hydroxylation is 1. The standard InChI is InChI=1S/C27H27FN6O.H2S/c1-18-5-3-6-20-7-4-8-24(25(18)20)32-12-10-22-23(16-32)30-17-31-26(22)33-13-14-34(27(35)19(2)28)21(15-33)9-11-29;/h3-8,17,21H,2,9-10,12-16H2,1H3;1H2/t21-;/m0./s1. The van der Waals surface area contributed by atoms with Gasteiger partial charge in [0, 0.05) is 42.8 Å². The highest BCUT2D eigenvalue weighted by Gasteiger charge is 2.34. The SMILES string of the molecule is C=C(F)C(=O)N1CCN(c2ncnc3c2CCN(c2cccc4cccc(C)c24)C3)C[C@@H]1CC#N.S. The molecule has 0 aliphatic carbocycles. The number of nitrogens with zero attached hydrogens (tertiary/aromatic N) is 6. The third-order valence-corrected chi connectivity index (χ3v) is 7.02. The van der Waals surface area contributed by atoms with Gasteiger partial charge in [-0.1, -0.05) is 36.9 Å². The molecule has 0 unspecified atom stereocenters. The summed E-state index contributed by atoms with van der Waals surface area (Å²) in [6.45, 7) is 8.04. The maximum Gasteiger partial charge on any atom is 0.282 e. The van der Waals surface area contributed by atoms with E-state index in [1.807, 2.05) is 0 Å². The number of rotatable bonds is 4. The first-order valence-electron chi connectivity index (χ1n) is 11.8. The van der Waals surface area contributed by atoms with E-state index in [2.05, 4.69) is 75.7 Å². The van der Waals surface area contributed by atoms with E-state index >= 15 is 0 Å². The van der Waals surface area contributed by atoms with Crippen LogP contribution in [0.25, 0.3) is 10.8 Å². The van der Waals surface area contributed by atoms with Crippen molar-refractivity contribution >= 4 is 41.7 Å². The number of carbonyl (C=O) groups excluding carboxylic acids is 1. The Kier molecular flexibility index (Phi) is 7.45. The van der Waals surface area contributed by atoms with E-state index in [-0.39, 0.29) is 19.9 Å². The number of hydrogen-bond acceptors (Lipinski definition) is 6. The number of carbonyl (C=O) groups is 1. The Bertz CT molecular complexity index is 1350. The van der Waals surface area contributed by atoms with Crippen LogP contribution in [0.3, 0.4) is 0 Å². The van der Waals surface area contributed by atoms with Crippen LogP contribution in [0, 0.1) is 18.3 Å². The van der Waals surface area contributed by atoms with Gasteiger partial charge < -0.3 is 14.7 Å². The predicted molar refractivity (Wildman–Crippen MR) is 144 cm³/mol. The van der Waals surface area contributed by atoms with Crippen molar-refractivity contribution in [1.82, 2.24) is 14.9 Å². The fourth-order valence-electron chi connectivity index (χ4n) is 5.34. The normalized spacial score (nSPS) is 17.2. The molecule has 1 fully saturated rings. The smallest absolute Gasteiger partial charge is 0.282 e. The quantitative estimate of drug-likeness (QED) is 0.500. The molecule has 0 radical (unpaired) electrons. The Hall–Kier alpha value is -3.64. The lowest BCUT2D eigenvalue weighted by atomic mass is 9.99. The number of piperazine rings is 1. The van der Waals surface area contributed by atoms with Gasteiger partial charge in [0.15, 0.2) is 5.83 Å². The molecule has 2 aliphatic rings. The van der Waals surface area contributed by atoms with E-state index in [0.717, 1.165) is 30.0 Å². The van der Waals surface area contributed by atoms with Gasteiger partial charge in [-0.25, -0.2) is 14.4 Å². The first-order valence-corrected chi connectivity index (χ1v) is 11.8. The van der Waals surface area contributed by atoms with Crippen molar-refractivity contribution in [2.24, 2.45) is 0 Å². The molecule has 5 rings (SSSR count). The summed E-state index contributed by atoms with van der Waals surface area (Å²) in [5.74, 6) is -0.891. The molecule has 1 amide bonds. The summed E-state index contributed by atoms with van der Waals surface area (Å²) in [7, 11) is 0. The van der Waals surface area contributed by atoms with E-state index in [1.54, 1.807) is 6.33 Å². The van der Waals surface area contributed by atoms with Crippen molar-refractivity contribution < 1.29 is 9.18 Å². The van der Waals surface area contributed by atoms with Gasteiger partial charge in [-0.2, -0.15) is 18.8 Å². The summed E-state index contributed by atoms with van der Waals surface area (Å²) in [4.78, 5) is 27.3. The van der Waals surface area contributed by atoms with Crippen LogP contribution in [-0.4, -0.2) is 53.0 Å². The third kappa shape index (κ3) is 4.61. The second-order valence-electron chi connectivity index (χ2n) is 9.11. The van der Waals surface area contributed by atoms with E-state index < -0.39 is 17.8 Å². The van der Waals surface area contributed by atoms with E-state index in [0.29, 0.717) is 26.2 Å². The van der Waals surface area contributed by atoms with Gasteiger partial charge in [0.25, 0.3) is 5.91 Å². The van der Waals surface area contributed by atoms with Crippen LogP contribution < -0.4 is 9.80 Å². The molecule has 1 aromatic heterocycles. The third-order valence-electron chi connectivity index (χ3n) is 7.02. The molecule has 7 nitrogen and oxygen atoms in total. The molecule has 3 aromatic rings. The van der Waals surface area contributed by atoms with Crippen LogP contribution in [0.2, 0.25) is 0 Å². The minimum absolute atomic E-state index is 0. The summed E-state index contributed by atoms with van der Waals surface area (Å²) in [6, 6.07) is 14.5. The molecule has 2 aromatic carbocycles. The van der Waals surface area contributed by atoms with Crippen molar-refractivity contribution in [3.8, 4) is 6.07 Å². The Labute approximate surface area is 217 Å². The number of hydrogen-bond donors (Lipinski definition) is 0. The van der Waals surface area contributed by atoms with E-state index in [1.165, 1.54) is 26.9 Å². The van der Waals surface area contributed by atoms with Crippen molar-refractivity contribution in [3.63, 3.8) is 0 Å². The zero-order valence-corrected chi connectivity index (χ0v) is 21.2. The molecule has 2 aliphatic heterocycles. The van der Waals surface area contributed by atoms with Crippen LogP contribution in [-0.2, 0) is 17.8 Å². The fourth-order valence-corrected chi connectivity index (χ4v) is 5.34. The van der Waals surface area contributed by atoms with Crippen LogP contribution in [0.15, 0.2) is 55.1 Å². The second kappa shape index (κ2) is 10.5. The van der Waals surface area contributed by atoms with Gasteiger partial charge in [0.05, 0.1) is 30.8 Å². The molecule has 0 N–H and O–H groups in total. The Morgan fingerprint density at radius 2 is 1.94 bits per heavy atom. The lowest BCUT2D eigenvalue weighted by Crippen LogP contribution is -2.55. The molecule has 3 heterocycles. The largest absolute Gasteiger partial charge is 0.365 e. The molecule has 0 spiro atoms. The predicted octanol–water partition coefficient (Wildman–Crippen LogP) is 4.03. The van der Waals surface area contributed by atoms with Gasteiger partial charge in [-0.3, -0.25) is 4.79 Å². The number of aromatic nitrogens is 2. The topological polar surface area (TPSA) is 76.4 Å². The Balaban J connectivity index is 0.00000304. The zero-order chi connectivity index (χ0) is 24.5. The van der Waals surface area contributed by atoms with E-state index in [4.69, 9.17) is 0 Å². The summed E-state index contributed by atoms with van der Waals surface area (Å²) in [5.41, 5.74) is 4.55. The average molecular weight is 505 g/mol. The number of nitriles is 1. The molecule has 186 valence electrons. The molecular weight excluding hydrogens is 475 g/mol. The number of amides is 1. The minimum atomic E-state index is -0.996. The minimum Gasteiger partial charge on any atom is -0.365 e. The molecule has 0 saturated carbocycles. The maximum absolute atomic E-state index is 13.5. The summed E-state index contributed by atoms with van der Waals surface area (Å²) >= 11 is 0. The highest BCUT2D eigenvalue weighted by Crippen LogP contribution is 2.34. The molecule has 9 heteroatoms. The molecule has 1 saturated heterocycles. The zero-order valence-electron chi connectivity index (χ0n) is 20.2. The van der Waals surface area contributed by atoms with Crippen LogP contribution in [0.4, 0.5) is 15.9 Å². The second-order valence-corrected chi connectivity index (χ2v) is 9.11. The van der Waals surface area contributed by atoms with Crippen molar-refractivity contribution in [2.75, 3.05) is 36.0 Å². The lowest BCUT2D eigenvalue weighted by molar-refractivity contribution is -0.131. The highest BCUT2D eigenvalue weighted by atomic mass is 32.1. The summed E-state index contributed by atoms with van der Waals surface area (Å²) in [6.07, 6.45) is 2.50. The van der Waals surface area contributed by atoms with Crippen molar-refractivity contribution in [1.29, 1.82) is 5.26 Å². The van der Waals surface area contributed by atoms with Crippen molar-refractivity contribution in [3.05, 3.63) is 72.0 Å². The van der Waals surface area contributed by atoms with Crippen LogP contribution in [0.5, 0.6) is 0 Å².